The lowest BCUT2D eigenvalue weighted by atomic mass is 10.1. The Morgan fingerprint density at radius 2 is 2.04 bits per heavy atom. The number of amides is 1. The average molecular weight is 402 g/mol. The molecule has 3 aromatic rings. The number of hydrogen-bond acceptors (Lipinski definition) is 5. The Hall–Kier alpha value is -2.57. The number of hydrogen-bond donors (Lipinski definition) is 2. The van der Waals surface area contributed by atoms with E-state index in [4.69, 9.17) is 16.3 Å². The van der Waals surface area contributed by atoms with Crippen LogP contribution in [0.25, 0.3) is 0 Å². The lowest BCUT2D eigenvalue weighted by molar-refractivity contribution is -0.120. The molecule has 5 nitrogen and oxygen atoms in total. The highest BCUT2D eigenvalue weighted by atomic mass is 35.5. The van der Waals surface area contributed by atoms with Gasteiger partial charge in [0, 0.05) is 22.6 Å². The summed E-state index contributed by atoms with van der Waals surface area (Å²) in [5.74, 6) is 0.789. The summed E-state index contributed by atoms with van der Waals surface area (Å²) in [5, 5.41) is 9.40. The normalized spacial score (nSPS) is 10.4. The van der Waals surface area contributed by atoms with Gasteiger partial charge < -0.3 is 15.4 Å². The molecule has 1 heterocycles. The average Bonchev–Trinajstić information content (AvgIpc) is 3.09. The Kier molecular flexibility index (Phi) is 6.68. The molecule has 0 aliphatic carbocycles. The summed E-state index contributed by atoms with van der Waals surface area (Å²) in [6.45, 7) is 0.586. The Balaban J connectivity index is 1.44. The highest BCUT2D eigenvalue weighted by Crippen LogP contribution is 2.23. The number of rotatable bonds is 8. The predicted octanol–water partition coefficient (Wildman–Crippen LogP) is 4.45. The van der Waals surface area contributed by atoms with Crippen molar-refractivity contribution in [3.63, 3.8) is 0 Å². The van der Waals surface area contributed by atoms with Crippen LogP contribution < -0.4 is 15.4 Å². The van der Waals surface area contributed by atoms with Gasteiger partial charge in [0.15, 0.2) is 5.13 Å². The topological polar surface area (TPSA) is 63.2 Å². The quantitative estimate of drug-likeness (QED) is 0.585. The maximum Gasteiger partial charge on any atom is 0.226 e. The summed E-state index contributed by atoms with van der Waals surface area (Å²) in [6, 6.07) is 15.3. The van der Waals surface area contributed by atoms with E-state index in [0.717, 1.165) is 34.2 Å². The summed E-state index contributed by atoms with van der Waals surface area (Å²) in [7, 11) is 1.64. The molecule has 1 aromatic heterocycles. The van der Waals surface area contributed by atoms with Gasteiger partial charge in [0.25, 0.3) is 0 Å². The van der Waals surface area contributed by atoms with Crippen molar-refractivity contribution in [3.05, 3.63) is 70.2 Å². The standard InChI is InChI=1S/C20H20ClN3O2S/c1-26-18-7-5-14(6-8-18)9-10-22-19(25)12-17-13-27-20(24-17)23-16-4-2-3-15(21)11-16/h2-8,11,13H,9-10,12H2,1H3,(H,22,25)(H,23,24). The lowest BCUT2D eigenvalue weighted by Crippen LogP contribution is -2.27. The number of nitrogens with zero attached hydrogens (tertiary/aromatic N) is 1. The van der Waals surface area contributed by atoms with Gasteiger partial charge >= 0.3 is 0 Å². The third-order valence-electron chi connectivity index (χ3n) is 3.86. The van der Waals surface area contributed by atoms with Crippen molar-refractivity contribution in [2.75, 3.05) is 19.0 Å². The number of methoxy groups -OCH3 is 1. The van der Waals surface area contributed by atoms with E-state index in [1.165, 1.54) is 11.3 Å². The van der Waals surface area contributed by atoms with Crippen LogP contribution in [0.2, 0.25) is 5.02 Å². The van der Waals surface area contributed by atoms with Crippen LogP contribution in [0, 0.1) is 0 Å². The van der Waals surface area contributed by atoms with E-state index in [0.29, 0.717) is 11.6 Å². The summed E-state index contributed by atoms with van der Waals surface area (Å²) in [6.07, 6.45) is 1.03. The van der Waals surface area contributed by atoms with E-state index >= 15 is 0 Å². The smallest absolute Gasteiger partial charge is 0.226 e. The number of carbonyl (C=O) groups excluding carboxylic acids is 1. The first-order chi connectivity index (χ1) is 13.1. The lowest BCUT2D eigenvalue weighted by Gasteiger charge is -2.05. The molecule has 0 unspecified atom stereocenters. The third-order valence-corrected chi connectivity index (χ3v) is 4.91. The molecule has 27 heavy (non-hydrogen) atoms. The number of benzene rings is 2. The van der Waals surface area contributed by atoms with Crippen LogP contribution in [-0.2, 0) is 17.6 Å². The van der Waals surface area contributed by atoms with Gasteiger partial charge in [-0.3, -0.25) is 4.79 Å². The fourth-order valence-corrected chi connectivity index (χ4v) is 3.42. The fraction of sp³-hybridized carbons (Fsp3) is 0.200. The molecule has 2 aromatic carbocycles. The molecule has 0 fully saturated rings. The Morgan fingerprint density at radius 3 is 2.78 bits per heavy atom. The highest BCUT2D eigenvalue weighted by Gasteiger charge is 2.08. The molecule has 1 amide bonds. The second-order valence-corrected chi connectivity index (χ2v) is 7.20. The minimum Gasteiger partial charge on any atom is -0.497 e. The van der Waals surface area contributed by atoms with E-state index in [-0.39, 0.29) is 12.3 Å². The molecule has 2 N–H and O–H groups in total. The molecule has 0 bridgehead atoms. The number of anilines is 2. The molecule has 0 atom stereocenters. The maximum absolute atomic E-state index is 12.1. The van der Waals surface area contributed by atoms with E-state index < -0.39 is 0 Å². The van der Waals surface area contributed by atoms with Crippen LogP contribution in [0.1, 0.15) is 11.3 Å². The van der Waals surface area contributed by atoms with Crippen molar-refractivity contribution in [3.8, 4) is 5.75 Å². The van der Waals surface area contributed by atoms with Crippen LogP contribution in [0.5, 0.6) is 5.75 Å². The zero-order valence-electron chi connectivity index (χ0n) is 14.9. The zero-order chi connectivity index (χ0) is 19.1. The molecule has 3 rings (SSSR count). The second kappa shape index (κ2) is 9.39. The van der Waals surface area contributed by atoms with Crippen molar-refractivity contribution in [2.24, 2.45) is 0 Å². The first-order valence-electron chi connectivity index (χ1n) is 8.49. The summed E-state index contributed by atoms with van der Waals surface area (Å²) in [4.78, 5) is 16.6. The number of carbonyl (C=O) groups is 1. The van der Waals surface area contributed by atoms with Gasteiger partial charge in [0.05, 0.1) is 19.2 Å². The van der Waals surface area contributed by atoms with Crippen LogP contribution in [0.3, 0.4) is 0 Å². The van der Waals surface area contributed by atoms with Crippen LogP contribution in [-0.4, -0.2) is 24.5 Å². The fourth-order valence-electron chi connectivity index (χ4n) is 2.50. The molecule has 0 spiro atoms. The molecule has 0 radical (unpaired) electrons. The van der Waals surface area contributed by atoms with Crippen LogP contribution in [0.4, 0.5) is 10.8 Å². The molecule has 140 valence electrons. The van der Waals surface area contributed by atoms with Crippen LogP contribution >= 0.6 is 22.9 Å². The van der Waals surface area contributed by atoms with E-state index in [1.54, 1.807) is 7.11 Å². The van der Waals surface area contributed by atoms with Gasteiger partial charge in [-0.05, 0) is 42.3 Å². The van der Waals surface area contributed by atoms with Gasteiger partial charge in [-0.25, -0.2) is 4.98 Å². The van der Waals surface area contributed by atoms with E-state index in [2.05, 4.69) is 15.6 Å². The molecule has 0 saturated heterocycles. The van der Waals surface area contributed by atoms with Crippen LogP contribution in [0.15, 0.2) is 53.9 Å². The highest BCUT2D eigenvalue weighted by molar-refractivity contribution is 7.13. The van der Waals surface area contributed by atoms with Crippen molar-refractivity contribution >= 4 is 39.7 Å². The molecule has 0 aliphatic heterocycles. The number of aromatic nitrogens is 1. The SMILES string of the molecule is COc1ccc(CCNC(=O)Cc2csc(Nc3cccc(Cl)c3)n2)cc1. The first kappa shape index (κ1) is 19.2. The Bertz CT molecular complexity index is 896. The van der Waals surface area contributed by atoms with Gasteiger partial charge in [-0.15, -0.1) is 11.3 Å². The van der Waals surface area contributed by atoms with Gasteiger partial charge in [0.1, 0.15) is 5.75 Å². The maximum atomic E-state index is 12.1. The Morgan fingerprint density at radius 1 is 1.22 bits per heavy atom. The molecule has 0 saturated carbocycles. The largest absolute Gasteiger partial charge is 0.497 e. The Labute approximate surface area is 167 Å². The molecule has 7 heteroatoms. The minimum absolute atomic E-state index is 0.0388. The number of halogens is 1. The third kappa shape index (κ3) is 5.98. The molecule has 0 aliphatic rings. The minimum atomic E-state index is -0.0388. The van der Waals surface area contributed by atoms with E-state index in [9.17, 15) is 4.79 Å². The van der Waals surface area contributed by atoms with Gasteiger partial charge in [-0.1, -0.05) is 29.8 Å². The second-order valence-electron chi connectivity index (χ2n) is 5.90. The number of ether oxygens (including phenoxy) is 1. The number of nitrogens with one attached hydrogen (secondary N) is 2. The number of thiazole rings is 1. The summed E-state index contributed by atoms with van der Waals surface area (Å²) in [5.41, 5.74) is 2.76. The van der Waals surface area contributed by atoms with Crippen molar-refractivity contribution in [2.45, 2.75) is 12.8 Å². The van der Waals surface area contributed by atoms with Crippen molar-refractivity contribution in [1.29, 1.82) is 0 Å². The predicted molar refractivity (Wildman–Crippen MR) is 110 cm³/mol. The molecular weight excluding hydrogens is 382 g/mol. The monoisotopic (exact) mass is 401 g/mol. The van der Waals surface area contributed by atoms with Crippen molar-refractivity contribution in [1.82, 2.24) is 10.3 Å². The molecular formula is C20H20ClN3O2S. The zero-order valence-corrected chi connectivity index (χ0v) is 16.4. The van der Waals surface area contributed by atoms with Gasteiger partial charge in [0.2, 0.25) is 5.91 Å². The van der Waals surface area contributed by atoms with Gasteiger partial charge in [-0.2, -0.15) is 0 Å². The summed E-state index contributed by atoms with van der Waals surface area (Å²) < 4.78 is 5.14. The van der Waals surface area contributed by atoms with E-state index in [1.807, 2.05) is 53.9 Å². The van der Waals surface area contributed by atoms with Crippen molar-refractivity contribution < 1.29 is 9.53 Å². The first-order valence-corrected chi connectivity index (χ1v) is 9.75. The summed E-state index contributed by atoms with van der Waals surface area (Å²) >= 11 is 7.44.